The third-order valence-corrected chi connectivity index (χ3v) is 2.85. The predicted molar refractivity (Wildman–Crippen MR) is 42.4 cm³/mol. The summed E-state index contributed by atoms with van der Waals surface area (Å²) in [6.45, 7) is 0.781. The van der Waals surface area contributed by atoms with Crippen molar-refractivity contribution in [1.29, 1.82) is 0 Å². The van der Waals surface area contributed by atoms with Crippen LogP contribution in [0.3, 0.4) is 0 Å². The lowest BCUT2D eigenvalue weighted by molar-refractivity contribution is 0.307. The number of halogens is 1. The second-order valence-corrected chi connectivity index (χ2v) is 3.58. The number of epoxide rings is 1. The summed E-state index contributed by atoms with van der Waals surface area (Å²) < 4.78 is 18.2. The van der Waals surface area contributed by atoms with Crippen molar-refractivity contribution in [2.45, 2.75) is 18.4 Å². The Bertz CT molecular complexity index is 342. The zero-order chi connectivity index (χ0) is 8.18. The molecule has 1 fully saturated rings. The van der Waals surface area contributed by atoms with Gasteiger partial charge in [-0.2, -0.15) is 0 Å². The Morgan fingerprint density at radius 1 is 1.42 bits per heavy atom. The molecule has 2 aliphatic rings. The molecule has 1 unspecified atom stereocenters. The third-order valence-electron chi connectivity index (χ3n) is 2.85. The molecule has 1 aromatic carbocycles. The number of hydrogen-bond acceptors (Lipinski definition) is 1. The average molecular weight is 164 g/mol. The average Bonchev–Trinajstić information content (AvgIpc) is 2.74. The molecule has 1 atom stereocenters. The molecule has 0 bridgehead atoms. The van der Waals surface area contributed by atoms with Crippen molar-refractivity contribution in [1.82, 2.24) is 0 Å². The minimum atomic E-state index is -0.148. The highest BCUT2D eigenvalue weighted by atomic mass is 19.1. The van der Waals surface area contributed by atoms with Crippen LogP contribution in [0.15, 0.2) is 18.2 Å². The molecule has 2 heteroatoms. The number of benzene rings is 1. The van der Waals surface area contributed by atoms with Crippen LogP contribution in [0.1, 0.15) is 17.5 Å². The van der Waals surface area contributed by atoms with Crippen LogP contribution >= 0.6 is 0 Å². The fourth-order valence-corrected chi connectivity index (χ4v) is 2.05. The van der Waals surface area contributed by atoms with Crippen LogP contribution in [-0.4, -0.2) is 6.61 Å². The van der Waals surface area contributed by atoms with E-state index in [9.17, 15) is 4.39 Å². The Kier molecular flexibility index (Phi) is 1.04. The van der Waals surface area contributed by atoms with E-state index in [-0.39, 0.29) is 11.4 Å². The summed E-state index contributed by atoms with van der Waals surface area (Å²) in [5, 5.41) is 0. The first-order valence-corrected chi connectivity index (χ1v) is 4.23. The van der Waals surface area contributed by atoms with Crippen LogP contribution in [0.5, 0.6) is 0 Å². The summed E-state index contributed by atoms with van der Waals surface area (Å²) in [6.07, 6.45) is 2.07. The van der Waals surface area contributed by atoms with Gasteiger partial charge in [0.1, 0.15) is 11.4 Å². The molecule has 12 heavy (non-hydrogen) atoms. The molecule has 3 rings (SSSR count). The van der Waals surface area contributed by atoms with Gasteiger partial charge in [0.25, 0.3) is 0 Å². The van der Waals surface area contributed by atoms with Gasteiger partial charge in [0.05, 0.1) is 6.61 Å². The number of ether oxygens (including phenoxy) is 1. The molecule has 1 heterocycles. The fraction of sp³-hybridized carbons (Fsp3) is 0.400. The largest absolute Gasteiger partial charge is 0.364 e. The van der Waals surface area contributed by atoms with Gasteiger partial charge >= 0.3 is 0 Å². The lowest BCUT2D eigenvalue weighted by Gasteiger charge is -2.03. The van der Waals surface area contributed by atoms with Crippen molar-refractivity contribution in [3.63, 3.8) is 0 Å². The van der Waals surface area contributed by atoms with Crippen LogP contribution in [0.25, 0.3) is 0 Å². The first-order valence-electron chi connectivity index (χ1n) is 4.23. The highest BCUT2D eigenvalue weighted by molar-refractivity contribution is 5.40. The molecule has 0 aromatic heterocycles. The monoisotopic (exact) mass is 164 g/mol. The molecule has 1 aromatic rings. The number of aryl methyl sites for hydroxylation is 1. The molecule has 1 aliphatic heterocycles. The minimum absolute atomic E-state index is 0.0720. The van der Waals surface area contributed by atoms with Crippen molar-refractivity contribution in [2.75, 3.05) is 6.61 Å². The molecule has 1 spiro atoms. The second-order valence-electron chi connectivity index (χ2n) is 3.58. The van der Waals surface area contributed by atoms with Gasteiger partial charge in [0.2, 0.25) is 0 Å². The molecule has 0 saturated carbocycles. The van der Waals surface area contributed by atoms with Crippen molar-refractivity contribution >= 4 is 0 Å². The minimum Gasteiger partial charge on any atom is -0.364 e. The van der Waals surface area contributed by atoms with Gasteiger partial charge in [-0.05, 0) is 36.1 Å². The van der Waals surface area contributed by atoms with E-state index in [1.54, 1.807) is 6.07 Å². The van der Waals surface area contributed by atoms with E-state index in [4.69, 9.17) is 4.74 Å². The van der Waals surface area contributed by atoms with Gasteiger partial charge in [-0.15, -0.1) is 0 Å². The standard InChI is InChI=1S/C10H9FO/c11-8-2-1-7-3-4-10(6-12-10)9(7)5-8/h1-2,5H,3-4,6H2. The van der Waals surface area contributed by atoms with Crippen molar-refractivity contribution in [3.8, 4) is 0 Å². The zero-order valence-corrected chi connectivity index (χ0v) is 6.64. The summed E-state index contributed by atoms with van der Waals surface area (Å²) in [5.41, 5.74) is 2.27. The van der Waals surface area contributed by atoms with Gasteiger partial charge in [-0.1, -0.05) is 6.07 Å². The van der Waals surface area contributed by atoms with Gasteiger partial charge in [-0.25, -0.2) is 4.39 Å². The van der Waals surface area contributed by atoms with E-state index >= 15 is 0 Å². The van der Waals surface area contributed by atoms with Crippen LogP contribution in [0.2, 0.25) is 0 Å². The molecular weight excluding hydrogens is 155 g/mol. The Morgan fingerprint density at radius 2 is 2.25 bits per heavy atom. The Hall–Kier alpha value is -0.890. The zero-order valence-electron chi connectivity index (χ0n) is 6.64. The molecule has 1 nitrogen and oxygen atoms in total. The van der Waals surface area contributed by atoms with Gasteiger partial charge < -0.3 is 4.74 Å². The highest BCUT2D eigenvalue weighted by Crippen LogP contribution is 2.49. The van der Waals surface area contributed by atoms with E-state index in [1.165, 1.54) is 11.6 Å². The lowest BCUT2D eigenvalue weighted by Crippen LogP contribution is -2.02. The van der Waals surface area contributed by atoms with Gasteiger partial charge in [0.15, 0.2) is 0 Å². The maximum Gasteiger partial charge on any atom is 0.123 e. The normalized spacial score (nSPS) is 30.8. The molecule has 1 saturated heterocycles. The predicted octanol–water partition coefficient (Wildman–Crippen LogP) is 2.00. The Labute approximate surface area is 70.2 Å². The lowest BCUT2D eigenvalue weighted by atomic mass is 10.0. The second kappa shape index (κ2) is 1.88. The Morgan fingerprint density at radius 3 is 3.00 bits per heavy atom. The summed E-state index contributed by atoms with van der Waals surface area (Å²) in [4.78, 5) is 0. The summed E-state index contributed by atoms with van der Waals surface area (Å²) >= 11 is 0. The van der Waals surface area contributed by atoms with Crippen molar-refractivity contribution in [2.24, 2.45) is 0 Å². The topological polar surface area (TPSA) is 12.5 Å². The molecule has 0 N–H and O–H groups in total. The molecular formula is C10H9FO. The molecule has 62 valence electrons. The van der Waals surface area contributed by atoms with Crippen LogP contribution in [0, 0.1) is 5.82 Å². The van der Waals surface area contributed by atoms with E-state index in [1.807, 2.05) is 6.07 Å². The quantitative estimate of drug-likeness (QED) is 0.534. The van der Waals surface area contributed by atoms with Crippen LogP contribution < -0.4 is 0 Å². The fourth-order valence-electron chi connectivity index (χ4n) is 2.05. The first-order chi connectivity index (χ1) is 5.80. The molecule has 0 amide bonds. The van der Waals surface area contributed by atoms with Crippen LogP contribution in [-0.2, 0) is 16.8 Å². The van der Waals surface area contributed by atoms with Gasteiger partial charge in [0, 0.05) is 0 Å². The molecule has 1 aliphatic carbocycles. The van der Waals surface area contributed by atoms with E-state index < -0.39 is 0 Å². The van der Waals surface area contributed by atoms with E-state index in [2.05, 4.69) is 0 Å². The summed E-state index contributed by atoms with van der Waals surface area (Å²) in [5.74, 6) is -0.148. The first kappa shape index (κ1) is 6.61. The maximum atomic E-state index is 12.9. The van der Waals surface area contributed by atoms with E-state index in [0.29, 0.717) is 0 Å². The maximum absolute atomic E-state index is 12.9. The van der Waals surface area contributed by atoms with Crippen molar-refractivity contribution in [3.05, 3.63) is 35.1 Å². The highest BCUT2D eigenvalue weighted by Gasteiger charge is 2.50. The number of fused-ring (bicyclic) bond motifs is 2. The summed E-state index contributed by atoms with van der Waals surface area (Å²) in [6, 6.07) is 5.02. The van der Waals surface area contributed by atoms with Crippen molar-refractivity contribution < 1.29 is 9.13 Å². The summed E-state index contributed by atoms with van der Waals surface area (Å²) in [7, 11) is 0. The number of rotatable bonds is 0. The smallest absolute Gasteiger partial charge is 0.123 e. The SMILES string of the molecule is Fc1ccc2c(c1)C1(CC2)CO1. The van der Waals surface area contributed by atoms with Crippen LogP contribution in [0.4, 0.5) is 4.39 Å². The Balaban J connectivity index is 2.20. The number of hydrogen-bond donors (Lipinski definition) is 0. The van der Waals surface area contributed by atoms with Gasteiger partial charge in [-0.3, -0.25) is 0 Å². The van der Waals surface area contributed by atoms with E-state index in [0.717, 1.165) is 25.0 Å². The molecule has 0 radical (unpaired) electrons. The third kappa shape index (κ3) is 0.707.